The summed E-state index contributed by atoms with van der Waals surface area (Å²) in [5.74, 6) is 0.0403. The monoisotopic (exact) mass is 299 g/mol. The Kier molecular flexibility index (Phi) is 4.86. The molecule has 1 aliphatic heterocycles. The van der Waals surface area contributed by atoms with Crippen molar-refractivity contribution in [2.75, 3.05) is 33.2 Å². The van der Waals surface area contributed by atoms with E-state index < -0.39 is 0 Å². The number of piperazine rings is 1. The zero-order valence-corrected chi connectivity index (χ0v) is 12.3. The first kappa shape index (κ1) is 14.4. The van der Waals surface area contributed by atoms with Crippen LogP contribution in [0.2, 0.25) is 10.0 Å². The standard InChI is InChI=1S/C14H16Cl2N2O/c1-17-6-8-18(9-7-17)14(19)5-3-11-2-4-12(15)10-13(11)16/h2-5,10H,6-9H2,1H3/p+1. The second-order valence-electron chi connectivity index (χ2n) is 4.78. The summed E-state index contributed by atoms with van der Waals surface area (Å²) in [6.45, 7) is 3.62. The maximum atomic E-state index is 12.0. The van der Waals surface area contributed by atoms with Crippen molar-refractivity contribution in [3.8, 4) is 0 Å². The molecule has 0 aliphatic carbocycles. The summed E-state index contributed by atoms with van der Waals surface area (Å²) < 4.78 is 0. The van der Waals surface area contributed by atoms with Crippen LogP contribution in [0, 0.1) is 0 Å². The van der Waals surface area contributed by atoms with Crippen LogP contribution in [0.15, 0.2) is 24.3 Å². The van der Waals surface area contributed by atoms with Gasteiger partial charge < -0.3 is 9.80 Å². The third-order valence-corrected chi connectivity index (χ3v) is 3.86. The predicted octanol–water partition coefficient (Wildman–Crippen LogP) is 1.36. The summed E-state index contributed by atoms with van der Waals surface area (Å²) in [5, 5.41) is 1.15. The highest BCUT2D eigenvalue weighted by Crippen LogP contribution is 2.22. The molecule has 1 fully saturated rings. The Bertz CT molecular complexity index is 494. The molecule has 1 saturated heterocycles. The molecule has 0 spiro atoms. The van der Waals surface area contributed by atoms with Gasteiger partial charge in [-0.1, -0.05) is 29.3 Å². The first-order valence-corrected chi connectivity index (χ1v) is 7.05. The molecule has 0 bridgehead atoms. The van der Waals surface area contributed by atoms with Crippen LogP contribution in [0.1, 0.15) is 5.56 Å². The van der Waals surface area contributed by atoms with Crippen LogP contribution in [-0.4, -0.2) is 44.0 Å². The van der Waals surface area contributed by atoms with E-state index in [0.29, 0.717) is 10.0 Å². The topological polar surface area (TPSA) is 24.8 Å². The summed E-state index contributed by atoms with van der Waals surface area (Å²) in [6.07, 6.45) is 3.32. The van der Waals surface area contributed by atoms with E-state index in [9.17, 15) is 4.79 Å². The van der Waals surface area contributed by atoms with Gasteiger partial charge in [-0.15, -0.1) is 0 Å². The number of likely N-dealkylation sites (N-methyl/N-ethyl adjacent to an activating group) is 1. The van der Waals surface area contributed by atoms with E-state index in [1.807, 2.05) is 11.0 Å². The van der Waals surface area contributed by atoms with Gasteiger partial charge in [0.1, 0.15) is 0 Å². The fourth-order valence-corrected chi connectivity index (χ4v) is 2.48. The lowest BCUT2D eigenvalue weighted by Crippen LogP contribution is -3.12. The van der Waals surface area contributed by atoms with Crippen molar-refractivity contribution in [3.63, 3.8) is 0 Å². The molecule has 1 N–H and O–H groups in total. The minimum absolute atomic E-state index is 0.0403. The third kappa shape index (κ3) is 3.96. The average molecular weight is 300 g/mol. The van der Waals surface area contributed by atoms with Crippen LogP contribution in [-0.2, 0) is 4.79 Å². The van der Waals surface area contributed by atoms with Crippen molar-refractivity contribution in [1.29, 1.82) is 0 Å². The minimum Gasteiger partial charge on any atom is -0.334 e. The quantitative estimate of drug-likeness (QED) is 0.820. The summed E-state index contributed by atoms with van der Waals surface area (Å²) in [5.41, 5.74) is 0.805. The highest BCUT2D eigenvalue weighted by molar-refractivity contribution is 6.35. The van der Waals surface area contributed by atoms with Gasteiger partial charge in [0.25, 0.3) is 0 Å². The first-order chi connectivity index (χ1) is 9.06. The van der Waals surface area contributed by atoms with Crippen molar-refractivity contribution in [3.05, 3.63) is 39.9 Å². The summed E-state index contributed by atoms with van der Waals surface area (Å²) in [4.78, 5) is 15.4. The van der Waals surface area contributed by atoms with Crippen LogP contribution in [0.5, 0.6) is 0 Å². The van der Waals surface area contributed by atoms with E-state index in [1.54, 1.807) is 24.3 Å². The molecule has 102 valence electrons. The minimum atomic E-state index is 0.0403. The van der Waals surface area contributed by atoms with E-state index in [4.69, 9.17) is 23.2 Å². The van der Waals surface area contributed by atoms with Crippen LogP contribution < -0.4 is 4.90 Å². The Balaban J connectivity index is 2.00. The van der Waals surface area contributed by atoms with Crippen molar-refractivity contribution in [2.24, 2.45) is 0 Å². The molecular formula is C14H17Cl2N2O+. The predicted molar refractivity (Wildman–Crippen MR) is 78.7 cm³/mol. The number of halogens is 2. The molecule has 1 aliphatic rings. The van der Waals surface area contributed by atoms with Crippen molar-refractivity contribution < 1.29 is 9.69 Å². The number of rotatable bonds is 2. The van der Waals surface area contributed by atoms with Gasteiger partial charge in [0, 0.05) is 16.1 Å². The number of carbonyl (C=O) groups excluding carboxylic acids is 1. The number of quaternary nitrogens is 1. The second kappa shape index (κ2) is 6.42. The molecule has 2 rings (SSSR count). The van der Waals surface area contributed by atoms with Gasteiger partial charge in [-0.2, -0.15) is 0 Å². The van der Waals surface area contributed by atoms with Gasteiger partial charge in [0.05, 0.1) is 33.2 Å². The molecule has 5 heteroatoms. The van der Waals surface area contributed by atoms with Crippen molar-refractivity contribution >= 4 is 35.2 Å². The first-order valence-electron chi connectivity index (χ1n) is 6.29. The molecule has 0 radical (unpaired) electrons. The van der Waals surface area contributed by atoms with Gasteiger partial charge in [-0.3, -0.25) is 4.79 Å². The Morgan fingerprint density at radius 3 is 2.63 bits per heavy atom. The number of nitrogens with zero attached hydrogens (tertiary/aromatic N) is 1. The number of benzene rings is 1. The molecule has 1 aromatic rings. The maximum absolute atomic E-state index is 12.0. The number of hydrogen-bond donors (Lipinski definition) is 1. The number of nitrogens with one attached hydrogen (secondary N) is 1. The SMILES string of the molecule is C[NH+]1CCN(C(=O)C=Cc2ccc(Cl)cc2Cl)CC1. The lowest BCUT2D eigenvalue weighted by molar-refractivity contribution is -0.883. The van der Waals surface area contributed by atoms with Gasteiger partial charge in [0.15, 0.2) is 0 Å². The molecule has 0 saturated carbocycles. The zero-order chi connectivity index (χ0) is 13.8. The maximum Gasteiger partial charge on any atom is 0.246 e. The van der Waals surface area contributed by atoms with Gasteiger partial charge in [-0.25, -0.2) is 0 Å². The lowest BCUT2D eigenvalue weighted by atomic mass is 10.2. The van der Waals surface area contributed by atoms with Crippen molar-refractivity contribution in [1.82, 2.24) is 4.90 Å². The number of hydrogen-bond acceptors (Lipinski definition) is 1. The summed E-state index contributed by atoms with van der Waals surface area (Å²) in [6, 6.07) is 5.24. The average Bonchev–Trinajstić information content (AvgIpc) is 2.38. The molecule has 19 heavy (non-hydrogen) atoms. The molecule has 1 aromatic carbocycles. The molecule has 0 unspecified atom stereocenters. The van der Waals surface area contributed by atoms with E-state index >= 15 is 0 Å². The van der Waals surface area contributed by atoms with Crippen LogP contribution >= 0.6 is 23.2 Å². The number of amides is 1. The Morgan fingerprint density at radius 2 is 2.00 bits per heavy atom. The zero-order valence-electron chi connectivity index (χ0n) is 10.8. The van der Waals surface area contributed by atoms with Gasteiger partial charge in [-0.05, 0) is 23.8 Å². The highest BCUT2D eigenvalue weighted by Gasteiger charge is 2.19. The van der Waals surface area contributed by atoms with E-state index in [-0.39, 0.29) is 5.91 Å². The molecular weight excluding hydrogens is 283 g/mol. The van der Waals surface area contributed by atoms with Crippen molar-refractivity contribution in [2.45, 2.75) is 0 Å². The number of carbonyl (C=O) groups is 1. The molecule has 1 heterocycles. The molecule has 3 nitrogen and oxygen atoms in total. The fourth-order valence-electron chi connectivity index (χ4n) is 2.01. The molecule has 0 atom stereocenters. The van der Waals surface area contributed by atoms with E-state index in [2.05, 4.69) is 7.05 Å². The highest BCUT2D eigenvalue weighted by atomic mass is 35.5. The van der Waals surface area contributed by atoms with E-state index in [1.165, 1.54) is 4.90 Å². The Hall–Kier alpha value is -1.03. The normalized spacial score (nSPS) is 17.1. The van der Waals surface area contributed by atoms with E-state index in [0.717, 1.165) is 31.7 Å². The second-order valence-corrected chi connectivity index (χ2v) is 5.63. The van der Waals surface area contributed by atoms with Gasteiger partial charge >= 0.3 is 0 Å². The van der Waals surface area contributed by atoms with Crippen LogP contribution in [0.3, 0.4) is 0 Å². The van der Waals surface area contributed by atoms with Gasteiger partial charge in [0.2, 0.25) is 5.91 Å². The smallest absolute Gasteiger partial charge is 0.246 e. The summed E-state index contributed by atoms with van der Waals surface area (Å²) >= 11 is 11.9. The third-order valence-electron chi connectivity index (χ3n) is 3.30. The molecule has 1 amide bonds. The molecule has 0 aromatic heterocycles. The van der Waals surface area contributed by atoms with Crippen LogP contribution in [0.25, 0.3) is 6.08 Å². The fraction of sp³-hybridized carbons (Fsp3) is 0.357. The van der Waals surface area contributed by atoms with Crippen LogP contribution in [0.4, 0.5) is 0 Å². The summed E-state index contributed by atoms with van der Waals surface area (Å²) in [7, 11) is 2.14. The Morgan fingerprint density at radius 1 is 1.32 bits per heavy atom. The largest absolute Gasteiger partial charge is 0.334 e. The lowest BCUT2D eigenvalue weighted by Gasteiger charge is -2.29. The Labute approximate surface area is 123 Å².